The van der Waals surface area contributed by atoms with Crippen molar-refractivity contribution in [1.82, 2.24) is 16.0 Å². The van der Waals surface area contributed by atoms with E-state index in [1.165, 1.54) is 0 Å². The summed E-state index contributed by atoms with van der Waals surface area (Å²) in [5.74, 6) is -5.01. The van der Waals surface area contributed by atoms with Crippen LogP contribution in [0.15, 0.2) is 0 Å². The van der Waals surface area contributed by atoms with E-state index in [1.807, 2.05) is 0 Å². The molecule has 0 aliphatic rings. The van der Waals surface area contributed by atoms with Gasteiger partial charge in [0, 0.05) is 17.9 Å². The first kappa shape index (κ1) is 24.0. The Morgan fingerprint density at radius 2 is 1.31 bits per heavy atom. The average Bonchev–Trinajstić information content (AvgIpc) is 2.59. The number of carboxylic acids is 2. The predicted molar refractivity (Wildman–Crippen MR) is 97.1 cm³/mol. The number of carbonyl (C=O) groups is 5. The number of rotatable bonds is 12. The number of carbonyl (C=O) groups excluding carboxylic acids is 3. The van der Waals surface area contributed by atoms with Crippen LogP contribution in [0.2, 0.25) is 0 Å². The lowest BCUT2D eigenvalue weighted by Gasteiger charge is -2.22. The van der Waals surface area contributed by atoms with E-state index < -0.39 is 54.2 Å². The molecule has 7 N–H and O–H groups in total. The molecule has 0 aromatic carbocycles. The molecule has 0 heterocycles. The Morgan fingerprint density at radius 1 is 0.846 bits per heavy atom. The lowest BCUT2D eigenvalue weighted by molar-refractivity contribution is -0.143. The van der Waals surface area contributed by atoms with Crippen molar-refractivity contribution in [3.63, 3.8) is 0 Å². The fraction of sp³-hybridized carbons (Fsp3) is 0.615. The number of hydrogen-bond acceptors (Lipinski definition) is 8. The SMILES string of the molecule is NCC(=O)NC(CS)C(=O)NC(CS)C(=O)NC(CCC(=O)O)C(=O)O. The molecule has 0 aromatic heterocycles. The Bertz CT molecular complexity index is 547. The van der Waals surface area contributed by atoms with E-state index >= 15 is 0 Å². The summed E-state index contributed by atoms with van der Waals surface area (Å²) in [6, 6.07) is -3.68. The molecule has 3 amide bonds. The Balaban J connectivity index is 4.89. The van der Waals surface area contributed by atoms with Crippen LogP contribution in [0.1, 0.15) is 12.8 Å². The fourth-order valence-electron chi connectivity index (χ4n) is 1.71. The Kier molecular flexibility index (Phi) is 11.4. The number of nitrogens with two attached hydrogens (primary N) is 1. The van der Waals surface area contributed by atoms with Crippen LogP contribution in [0.3, 0.4) is 0 Å². The maximum atomic E-state index is 12.1. The highest BCUT2D eigenvalue weighted by Crippen LogP contribution is 2.01. The molecule has 13 heteroatoms. The summed E-state index contributed by atoms with van der Waals surface area (Å²) in [5, 5.41) is 24.4. The van der Waals surface area contributed by atoms with Crippen molar-refractivity contribution >= 4 is 54.9 Å². The molecule has 0 bridgehead atoms. The molecule has 0 aromatic rings. The van der Waals surface area contributed by atoms with Crippen molar-refractivity contribution in [2.24, 2.45) is 5.73 Å². The molecule has 0 fully saturated rings. The van der Waals surface area contributed by atoms with Crippen LogP contribution < -0.4 is 21.7 Å². The molecule has 0 rings (SSSR count). The number of hydrogen-bond donors (Lipinski definition) is 8. The lowest BCUT2D eigenvalue weighted by atomic mass is 10.1. The van der Waals surface area contributed by atoms with Crippen LogP contribution in [-0.2, 0) is 24.0 Å². The number of nitrogens with one attached hydrogen (secondary N) is 3. The Labute approximate surface area is 160 Å². The van der Waals surface area contributed by atoms with Crippen molar-refractivity contribution < 1.29 is 34.2 Å². The first-order chi connectivity index (χ1) is 12.2. The smallest absolute Gasteiger partial charge is 0.326 e. The monoisotopic (exact) mass is 410 g/mol. The van der Waals surface area contributed by atoms with E-state index in [0.29, 0.717) is 0 Å². The molecule has 3 atom stereocenters. The average molecular weight is 410 g/mol. The van der Waals surface area contributed by atoms with Gasteiger partial charge in [0.15, 0.2) is 0 Å². The quantitative estimate of drug-likeness (QED) is 0.158. The van der Waals surface area contributed by atoms with Crippen LogP contribution in [0, 0.1) is 0 Å². The second kappa shape index (κ2) is 12.4. The lowest BCUT2D eigenvalue weighted by Crippen LogP contribution is -2.57. The predicted octanol–water partition coefficient (Wildman–Crippen LogP) is -2.79. The summed E-state index contributed by atoms with van der Waals surface area (Å²) in [7, 11) is 0. The van der Waals surface area contributed by atoms with Crippen molar-refractivity contribution in [2.45, 2.75) is 31.0 Å². The van der Waals surface area contributed by atoms with Gasteiger partial charge in [-0.05, 0) is 6.42 Å². The standard InChI is InChI=1S/C13H22N4O7S2/c14-3-9(18)15-7(4-25)11(21)17-8(5-26)12(22)16-6(13(23)24)1-2-10(19)20/h6-8,25-26H,1-5,14H2,(H,15,18)(H,16,22)(H,17,21)(H,19,20)(H,23,24). The van der Waals surface area contributed by atoms with Gasteiger partial charge in [0.25, 0.3) is 0 Å². The molecule has 3 unspecified atom stereocenters. The van der Waals surface area contributed by atoms with Gasteiger partial charge in [-0.2, -0.15) is 25.3 Å². The van der Waals surface area contributed by atoms with Gasteiger partial charge in [-0.1, -0.05) is 0 Å². The summed E-state index contributed by atoms with van der Waals surface area (Å²) < 4.78 is 0. The van der Waals surface area contributed by atoms with Gasteiger partial charge < -0.3 is 31.9 Å². The van der Waals surface area contributed by atoms with Gasteiger partial charge in [-0.15, -0.1) is 0 Å². The van der Waals surface area contributed by atoms with Gasteiger partial charge in [0.1, 0.15) is 18.1 Å². The van der Waals surface area contributed by atoms with E-state index in [0.717, 1.165) is 0 Å². The molecule has 0 saturated heterocycles. The number of carboxylic acid groups (broad SMARTS) is 2. The Hall–Kier alpha value is -1.99. The van der Waals surface area contributed by atoms with Gasteiger partial charge >= 0.3 is 11.9 Å². The van der Waals surface area contributed by atoms with Gasteiger partial charge in [0.2, 0.25) is 17.7 Å². The zero-order chi connectivity index (χ0) is 20.3. The number of aliphatic carboxylic acids is 2. The van der Waals surface area contributed by atoms with E-state index in [4.69, 9.17) is 15.9 Å². The highest BCUT2D eigenvalue weighted by molar-refractivity contribution is 7.80. The molecule has 0 aliphatic carbocycles. The van der Waals surface area contributed by atoms with Crippen molar-refractivity contribution in [3.8, 4) is 0 Å². The minimum atomic E-state index is -1.43. The minimum absolute atomic E-state index is 0.0607. The van der Waals surface area contributed by atoms with E-state index in [9.17, 15) is 24.0 Å². The highest BCUT2D eigenvalue weighted by atomic mass is 32.1. The van der Waals surface area contributed by atoms with Gasteiger partial charge in [-0.3, -0.25) is 19.2 Å². The Morgan fingerprint density at radius 3 is 1.69 bits per heavy atom. The molecule has 11 nitrogen and oxygen atoms in total. The largest absolute Gasteiger partial charge is 0.481 e. The normalized spacial score (nSPS) is 13.8. The first-order valence-corrected chi connectivity index (χ1v) is 8.69. The first-order valence-electron chi connectivity index (χ1n) is 7.42. The third-order valence-corrected chi connectivity index (χ3v) is 3.83. The molecule has 0 spiro atoms. The van der Waals surface area contributed by atoms with Crippen LogP contribution in [-0.4, -0.2) is 76.0 Å². The number of amides is 3. The van der Waals surface area contributed by atoms with Gasteiger partial charge in [0.05, 0.1) is 6.54 Å². The van der Waals surface area contributed by atoms with Crippen molar-refractivity contribution in [2.75, 3.05) is 18.1 Å². The third-order valence-electron chi connectivity index (χ3n) is 3.10. The summed E-state index contributed by atoms with van der Waals surface area (Å²) >= 11 is 7.86. The van der Waals surface area contributed by atoms with E-state index in [2.05, 4.69) is 41.2 Å². The molecule has 0 aliphatic heterocycles. The fourth-order valence-corrected chi connectivity index (χ4v) is 2.23. The zero-order valence-electron chi connectivity index (χ0n) is 13.7. The molecular formula is C13H22N4O7S2. The maximum absolute atomic E-state index is 12.1. The minimum Gasteiger partial charge on any atom is -0.481 e. The van der Waals surface area contributed by atoms with Gasteiger partial charge in [-0.25, -0.2) is 4.79 Å². The zero-order valence-corrected chi connectivity index (χ0v) is 15.5. The second-order valence-corrected chi connectivity index (χ2v) is 5.81. The second-order valence-electron chi connectivity index (χ2n) is 5.08. The maximum Gasteiger partial charge on any atom is 0.326 e. The molecule has 0 radical (unpaired) electrons. The van der Waals surface area contributed by atoms with E-state index in [-0.39, 0.29) is 24.5 Å². The van der Waals surface area contributed by atoms with Crippen molar-refractivity contribution in [3.05, 3.63) is 0 Å². The van der Waals surface area contributed by atoms with Crippen molar-refractivity contribution in [1.29, 1.82) is 0 Å². The van der Waals surface area contributed by atoms with E-state index in [1.54, 1.807) is 0 Å². The van der Waals surface area contributed by atoms with Crippen LogP contribution >= 0.6 is 25.3 Å². The highest BCUT2D eigenvalue weighted by Gasteiger charge is 2.28. The molecule has 0 saturated carbocycles. The topological polar surface area (TPSA) is 188 Å². The van der Waals surface area contributed by atoms with Crippen LogP contribution in [0.4, 0.5) is 0 Å². The third kappa shape index (κ3) is 8.92. The summed E-state index contributed by atoms with van der Waals surface area (Å²) in [4.78, 5) is 57.2. The molecular weight excluding hydrogens is 388 g/mol. The summed E-state index contributed by atoms with van der Waals surface area (Å²) in [5.41, 5.74) is 5.14. The number of thiol groups is 2. The summed E-state index contributed by atoms with van der Waals surface area (Å²) in [6.07, 6.45) is -0.780. The van der Waals surface area contributed by atoms with Crippen LogP contribution in [0.25, 0.3) is 0 Å². The summed E-state index contributed by atoms with van der Waals surface area (Å²) in [6.45, 7) is -0.335. The molecule has 26 heavy (non-hydrogen) atoms. The molecule has 148 valence electrons. The van der Waals surface area contributed by atoms with Crippen LogP contribution in [0.5, 0.6) is 0 Å².